The molecule has 0 aromatic heterocycles. The Hall–Kier alpha value is 0.190. The summed E-state index contributed by atoms with van der Waals surface area (Å²) >= 11 is 4.88. The van der Waals surface area contributed by atoms with Gasteiger partial charge in [-0.25, -0.2) is 0 Å². The molecule has 0 atom stereocenters. The fourth-order valence-electron chi connectivity index (χ4n) is 1.30. The smallest absolute Gasteiger partial charge is 0.139 e. The van der Waals surface area contributed by atoms with E-state index in [-0.39, 0.29) is 0 Å². The van der Waals surface area contributed by atoms with E-state index in [0.717, 1.165) is 5.56 Å². The maximum Gasteiger partial charge on any atom is 0.139 e. The summed E-state index contributed by atoms with van der Waals surface area (Å²) in [7, 11) is 0. The number of nitrogens with two attached hydrogens (primary N) is 2. The summed E-state index contributed by atoms with van der Waals surface area (Å²) < 4.78 is 0. The van der Waals surface area contributed by atoms with Crippen LogP contribution in [0.15, 0.2) is 28.0 Å². The third-order valence-corrected chi connectivity index (χ3v) is 4.81. The highest BCUT2D eigenvalue weighted by Crippen LogP contribution is 2.37. The lowest BCUT2D eigenvalue weighted by Gasteiger charge is -2.25. The number of hydrogen-bond acceptors (Lipinski definition) is 5. The molecule has 0 fully saturated rings. The van der Waals surface area contributed by atoms with Gasteiger partial charge in [-0.05, 0) is 24.8 Å². The Morgan fingerprint density at radius 3 is 2.20 bits per heavy atom. The van der Waals surface area contributed by atoms with Crippen molar-refractivity contribution in [3.63, 3.8) is 0 Å². The molecule has 0 aliphatic heterocycles. The van der Waals surface area contributed by atoms with Crippen LogP contribution in [0.25, 0.3) is 0 Å². The lowest BCUT2D eigenvalue weighted by Crippen LogP contribution is -2.42. The summed E-state index contributed by atoms with van der Waals surface area (Å²) in [5.41, 5.74) is 13.1. The van der Waals surface area contributed by atoms with Crippen molar-refractivity contribution < 1.29 is 0 Å². The summed E-state index contributed by atoms with van der Waals surface area (Å²) in [5, 5.41) is 0. The SMILES string of the molecule is CSc1cccc(C(N)(N)SC)c1SC. The van der Waals surface area contributed by atoms with Gasteiger partial charge in [-0.15, -0.1) is 35.3 Å². The maximum absolute atomic E-state index is 6.06. The number of benzene rings is 1. The van der Waals surface area contributed by atoms with E-state index in [1.807, 2.05) is 18.4 Å². The lowest BCUT2D eigenvalue weighted by molar-refractivity contribution is 0.677. The van der Waals surface area contributed by atoms with Gasteiger partial charge >= 0.3 is 0 Å². The van der Waals surface area contributed by atoms with E-state index >= 15 is 0 Å². The molecule has 1 rings (SSSR count). The molecule has 0 aliphatic rings. The molecule has 4 N–H and O–H groups in total. The van der Waals surface area contributed by atoms with Crippen LogP contribution in [0.5, 0.6) is 0 Å². The van der Waals surface area contributed by atoms with Gasteiger partial charge in [0.15, 0.2) is 0 Å². The second kappa shape index (κ2) is 5.50. The zero-order valence-corrected chi connectivity index (χ0v) is 11.6. The first-order valence-electron chi connectivity index (χ1n) is 4.41. The van der Waals surface area contributed by atoms with Gasteiger partial charge < -0.3 is 11.5 Å². The standard InChI is InChI=1S/C10H16N2S3/c1-13-8-6-4-5-7(9(8)14-2)10(11,12)15-3/h4-6H,11-12H2,1-3H3. The second-order valence-electron chi connectivity index (χ2n) is 3.04. The first-order valence-corrected chi connectivity index (χ1v) is 8.08. The van der Waals surface area contributed by atoms with Crippen molar-refractivity contribution in [3.05, 3.63) is 23.8 Å². The van der Waals surface area contributed by atoms with Crippen LogP contribution in [0.2, 0.25) is 0 Å². The summed E-state index contributed by atoms with van der Waals surface area (Å²) in [6.45, 7) is 0. The predicted octanol–water partition coefficient (Wildman–Crippen LogP) is 2.52. The van der Waals surface area contributed by atoms with Crippen LogP contribution in [0, 0.1) is 0 Å². The first-order chi connectivity index (χ1) is 7.06. The molecule has 0 saturated carbocycles. The molecule has 1 aromatic carbocycles. The summed E-state index contributed by atoms with van der Waals surface area (Å²) in [5.74, 6) is 0. The quantitative estimate of drug-likeness (QED) is 0.643. The summed E-state index contributed by atoms with van der Waals surface area (Å²) in [6, 6.07) is 6.10. The highest BCUT2D eigenvalue weighted by Gasteiger charge is 2.24. The van der Waals surface area contributed by atoms with Gasteiger partial charge in [0, 0.05) is 15.4 Å². The van der Waals surface area contributed by atoms with Crippen LogP contribution in [0.4, 0.5) is 0 Å². The van der Waals surface area contributed by atoms with E-state index in [2.05, 4.69) is 18.6 Å². The Morgan fingerprint density at radius 2 is 1.73 bits per heavy atom. The lowest BCUT2D eigenvalue weighted by atomic mass is 10.2. The van der Waals surface area contributed by atoms with Crippen LogP contribution in [-0.2, 0) is 4.99 Å². The molecule has 0 amide bonds. The minimum Gasteiger partial charge on any atom is -0.301 e. The van der Waals surface area contributed by atoms with Crippen LogP contribution in [0.1, 0.15) is 5.56 Å². The average molecular weight is 260 g/mol. The zero-order valence-electron chi connectivity index (χ0n) is 9.11. The Bertz CT molecular complexity index is 339. The molecule has 0 saturated heterocycles. The van der Waals surface area contributed by atoms with Crippen LogP contribution < -0.4 is 11.5 Å². The van der Waals surface area contributed by atoms with Crippen molar-refractivity contribution in [2.75, 3.05) is 18.8 Å². The fraction of sp³-hybridized carbons (Fsp3) is 0.400. The van der Waals surface area contributed by atoms with Gasteiger partial charge in [-0.1, -0.05) is 12.1 Å². The summed E-state index contributed by atoms with van der Waals surface area (Å²) in [6.07, 6.45) is 6.04. The van der Waals surface area contributed by atoms with E-state index in [0.29, 0.717) is 0 Å². The van der Waals surface area contributed by atoms with Crippen LogP contribution in [-0.4, -0.2) is 18.8 Å². The van der Waals surface area contributed by atoms with E-state index < -0.39 is 4.99 Å². The Labute approximate surface area is 104 Å². The summed E-state index contributed by atoms with van der Waals surface area (Å²) in [4.78, 5) is 1.61. The average Bonchev–Trinajstić information content (AvgIpc) is 2.27. The van der Waals surface area contributed by atoms with Gasteiger partial charge in [0.05, 0.1) is 0 Å². The molecule has 84 valence electrons. The molecular formula is C10H16N2S3. The van der Waals surface area contributed by atoms with E-state index in [1.54, 1.807) is 23.5 Å². The highest BCUT2D eigenvalue weighted by atomic mass is 32.2. The van der Waals surface area contributed by atoms with Crippen molar-refractivity contribution in [2.24, 2.45) is 11.5 Å². The zero-order chi connectivity index (χ0) is 11.5. The number of hydrogen-bond donors (Lipinski definition) is 2. The van der Waals surface area contributed by atoms with E-state index in [9.17, 15) is 0 Å². The second-order valence-corrected chi connectivity index (χ2v) is 5.79. The normalized spacial score (nSPS) is 11.8. The molecule has 0 radical (unpaired) electrons. The molecule has 15 heavy (non-hydrogen) atoms. The molecular weight excluding hydrogens is 244 g/mol. The van der Waals surface area contributed by atoms with Crippen LogP contribution >= 0.6 is 35.3 Å². The highest BCUT2D eigenvalue weighted by molar-refractivity contribution is 8.02. The Morgan fingerprint density at radius 1 is 1.07 bits per heavy atom. The molecule has 0 spiro atoms. The van der Waals surface area contributed by atoms with Crippen molar-refractivity contribution in [3.8, 4) is 0 Å². The predicted molar refractivity (Wildman–Crippen MR) is 73.6 cm³/mol. The topological polar surface area (TPSA) is 52.0 Å². The van der Waals surface area contributed by atoms with Gasteiger partial charge in [-0.3, -0.25) is 0 Å². The van der Waals surface area contributed by atoms with Crippen molar-refractivity contribution >= 4 is 35.3 Å². The third-order valence-electron chi connectivity index (χ3n) is 2.16. The van der Waals surface area contributed by atoms with Gasteiger partial charge in [0.2, 0.25) is 0 Å². The molecule has 0 bridgehead atoms. The van der Waals surface area contributed by atoms with Crippen molar-refractivity contribution in [1.82, 2.24) is 0 Å². The monoisotopic (exact) mass is 260 g/mol. The van der Waals surface area contributed by atoms with Gasteiger partial charge in [0.1, 0.15) is 4.99 Å². The van der Waals surface area contributed by atoms with Gasteiger partial charge in [-0.2, -0.15) is 0 Å². The maximum atomic E-state index is 6.06. The molecule has 1 aromatic rings. The fourth-order valence-corrected chi connectivity index (χ4v) is 3.50. The van der Waals surface area contributed by atoms with Crippen LogP contribution in [0.3, 0.4) is 0 Å². The minimum atomic E-state index is -0.802. The molecule has 0 heterocycles. The molecule has 2 nitrogen and oxygen atoms in total. The largest absolute Gasteiger partial charge is 0.301 e. The number of thioether (sulfide) groups is 3. The molecule has 5 heteroatoms. The van der Waals surface area contributed by atoms with Crippen molar-refractivity contribution in [2.45, 2.75) is 14.8 Å². The van der Waals surface area contributed by atoms with Crippen molar-refractivity contribution in [1.29, 1.82) is 0 Å². The van der Waals surface area contributed by atoms with E-state index in [4.69, 9.17) is 11.5 Å². The minimum absolute atomic E-state index is 0.802. The van der Waals surface area contributed by atoms with Gasteiger partial charge in [0.25, 0.3) is 0 Å². The first kappa shape index (κ1) is 13.3. The third kappa shape index (κ3) is 2.85. The van der Waals surface area contributed by atoms with E-state index in [1.165, 1.54) is 21.6 Å². The number of rotatable bonds is 4. The Kier molecular flexibility index (Phi) is 4.86. The molecule has 0 aliphatic carbocycles. The molecule has 0 unspecified atom stereocenters. The Balaban J connectivity index is 3.29.